The van der Waals surface area contributed by atoms with Gasteiger partial charge >= 0.3 is 0 Å². The van der Waals surface area contributed by atoms with Gasteiger partial charge < -0.3 is 15.4 Å². The number of rotatable bonds is 6. The molecule has 1 saturated carbocycles. The van der Waals surface area contributed by atoms with Crippen LogP contribution >= 0.6 is 0 Å². The summed E-state index contributed by atoms with van der Waals surface area (Å²) in [5.41, 5.74) is 2.92. The molecule has 18 heavy (non-hydrogen) atoms. The van der Waals surface area contributed by atoms with E-state index in [1.54, 1.807) is 7.11 Å². The van der Waals surface area contributed by atoms with Gasteiger partial charge in [0.05, 0.1) is 7.11 Å². The molecule has 1 aromatic carbocycles. The second-order valence-electron chi connectivity index (χ2n) is 5.36. The van der Waals surface area contributed by atoms with Gasteiger partial charge in [-0.3, -0.25) is 0 Å². The van der Waals surface area contributed by atoms with Gasteiger partial charge in [-0.2, -0.15) is 0 Å². The van der Waals surface area contributed by atoms with Crippen LogP contribution in [0.3, 0.4) is 0 Å². The lowest BCUT2D eigenvalue weighted by molar-refractivity contribution is 0.329. The Kier molecular flexibility index (Phi) is 3.93. The molecule has 2 rings (SSSR count). The van der Waals surface area contributed by atoms with Crippen molar-refractivity contribution in [2.24, 2.45) is 5.41 Å². The fraction of sp³-hybridized carbons (Fsp3) is 0.600. The molecule has 1 aliphatic rings. The summed E-state index contributed by atoms with van der Waals surface area (Å²) < 4.78 is 5.52. The Hall–Kier alpha value is -1.06. The zero-order valence-electron chi connectivity index (χ0n) is 11.8. The quantitative estimate of drug-likeness (QED) is 0.810. The van der Waals surface area contributed by atoms with E-state index in [1.807, 2.05) is 14.1 Å². The molecule has 2 N–H and O–H groups in total. The van der Waals surface area contributed by atoms with E-state index in [9.17, 15) is 0 Å². The number of ether oxygens (including phenoxy) is 1. The Labute approximate surface area is 110 Å². The molecule has 0 spiro atoms. The van der Waals surface area contributed by atoms with E-state index in [0.29, 0.717) is 11.5 Å². The normalized spacial score (nSPS) is 18.4. The van der Waals surface area contributed by atoms with Crippen LogP contribution in [0.4, 0.5) is 0 Å². The Morgan fingerprint density at radius 1 is 1.33 bits per heavy atom. The predicted octanol–water partition coefficient (Wildman–Crippen LogP) is 2.26. The summed E-state index contributed by atoms with van der Waals surface area (Å²) in [6.45, 7) is 3.18. The molecule has 0 aliphatic heterocycles. The van der Waals surface area contributed by atoms with Gasteiger partial charge in [-0.15, -0.1) is 0 Å². The third kappa shape index (κ3) is 2.38. The number of hydrogen-bond donors (Lipinski definition) is 2. The third-order valence-electron chi connectivity index (χ3n) is 4.02. The molecule has 1 aliphatic carbocycles. The molecule has 0 radical (unpaired) electrons. The molecule has 3 heteroatoms. The van der Waals surface area contributed by atoms with Crippen LogP contribution in [0, 0.1) is 12.3 Å². The highest BCUT2D eigenvalue weighted by Crippen LogP contribution is 2.55. The average Bonchev–Trinajstić information content (AvgIpc) is 3.11. The molecule has 0 saturated heterocycles. The van der Waals surface area contributed by atoms with Crippen molar-refractivity contribution < 1.29 is 4.74 Å². The van der Waals surface area contributed by atoms with Crippen molar-refractivity contribution in [2.45, 2.75) is 25.8 Å². The molecule has 0 bridgehead atoms. The van der Waals surface area contributed by atoms with Gasteiger partial charge in [0.1, 0.15) is 5.75 Å². The fourth-order valence-electron chi connectivity index (χ4n) is 2.95. The average molecular weight is 248 g/mol. The Balaban J connectivity index is 2.35. The molecule has 1 atom stereocenters. The van der Waals surface area contributed by atoms with Crippen LogP contribution in [0.2, 0.25) is 0 Å². The molecule has 0 amide bonds. The maximum Gasteiger partial charge on any atom is 0.123 e. The molecule has 3 nitrogen and oxygen atoms in total. The topological polar surface area (TPSA) is 33.3 Å². The SMILES string of the molecule is CNCC1(C(NC)c2cc(C)ccc2OC)CC1. The molecule has 0 heterocycles. The third-order valence-corrected chi connectivity index (χ3v) is 4.02. The van der Waals surface area contributed by atoms with Crippen LogP contribution in [0.15, 0.2) is 18.2 Å². The maximum absolute atomic E-state index is 5.52. The zero-order valence-corrected chi connectivity index (χ0v) is 11.8. The smallest absolute Gasteiger partial charge is 0.123 e. The minimum atomic E-state index is 0.352. The minimum Gasteiger partial charge on any atom is -0.496 e. The summed E-state index contributed by atoms with van der Waals surface area (Å²) in [7, 11) is 5.82. The van der Waals surface area contributed by atoms with Crippen molar-refractivity contribution in [3.05, 3.63) is 29.3 Å². The van der Waals surface area contributed by atoms with Gasteiger partial charge in [0.25, 0.3) is 0 Å². The second-order valence-corrected chi connectivity index (χ2v) is 5.36. The molecule has 0 aromatic heterocycles. The van der Waals surface area contributed by atoms with Crippen molar-refractivity contribution >= 4 is 0 Å². The first-order valence-corrected chi connectivity index (χ1v) is 6.63. The Bertz CT molecular complexity index is 413. The van der Waals surface area contributed by atoms with Crippen molar-refractivity contribution in [1.29, 1.82) is 0 Å². The molecular formula is C15H24N2O. The fourth-order valence-corrected chi connectivity index (χ4v) is 2.95. The highest BCUT2D eigenvalue weighted by atomic mass is 16.5. The lowest BCUT2D eigenvalue weighted by Crippen LogP contribution is -2.33. The number of aryl methyl sites for hydroxylation is 1. The molecular weight excluding hydrogens is 224 g/mol. The van der Waals surface area contributed by atoms with E-state index < -0.39 is 0 Å². The van der Waals surface area contributed by atoms with Crippen LogP contribution in [0.1, 0.15) is 30.0 Å². The van der Waals surface area contributed by atoms with Crippen molar-refractivity contribution in [1.82, 2.24) is 10.6 Å². The molecule has 1 unspecified atom stereocenters. The lowest BCUT2D eigenvalue weighted by Gasteiger charge is -2.28. The van der Waals surface area contributed by atoms with Gasteiger partial charge in [-0.25, -0.2) is 0 Å². The first-order valence-electron chi connectivity index (χ1n) is 6.63. The number of benzene rings is 1. The van der Waals surface area contributed by atoms with E-state index >= 15 is 0 Å². The maximum atomic E-state index is 5.52. The second kappa shape index (κ2) is 5.29. The Morgan fingerprint density at radius 3 is 2.56 bits per heavy atom. The van der Waals surface area contributed by atoms with Crippen LogP contribution < -0.4 is 15.4 Å². The monoisotopic (exact) mass is 248 g/mol. The minimum absolute atomic E-state index is 0.352. The zero-order chi connectivity index (χ0) is 13.2. The van der Waals surface area contributed by atoms with Gasteiger partial charge in [0, 0.05) is 23.6 Å². The summed E-state index contributed by atoms with van der Waals surface area (Å²) in [5.74, 6) is 0.988. The van der Waals surface area contributed by atoms with Gasteiger partial charge in [-0.1, -0.05) is 17.7 Å². The summed E-state index contributed by atoms with van der Waals surface area (Å²) in [4.78, 5) is 0. The summed E-state index contributed by atoms with van der Waals surface area (Å²) in [5, 5.41) is 6.81. The van der Waals surface area contributed by atoms with Gasteiger partial charge in [0.15, 0.2) is 0 Å². The number of methoxy groups -OCH3 is 1. The lowest BCUT2D eigenvalue weighted by atomic mass is 9.88. The van der Waals surface area contributed by atoms with E-state index in [2.05, 4.69) is 35.8 Å². The van der Waals surface area contributed by atoms with E-state index in [1.165, 1.54) is 24.0 Å². The largest absolute Gasteiger partial charge is 0.496 e. The van der Waals surface area contributed by atoms with Gasteiger partial charge in [0.2, 0.25) is 0 Å². The molecule has 100 valence electrons. The van der Waals surface area contributed by atoms with E-state index in [0.717, 1.165) is 12.3 Å². The predicted molar refractivity (Wildman–Crippen MR) is 75.1 cm³/mol. The van der Waals surface area contributed by atoms with E-state index in [4.69, 9.17) is 4.74 Å². The van der Waals surface area contributed by atoms with Crippen molar-refractivity contribution in [3.8, 4) is 5.75 Å². The first kappa shape index (κ1) is 13.4. The summed E-state index contributed by atoms with van der Waals surface area (Å²) in [6.07, 6.45) is 2.55. The highest BCUT2D eigenvalue weighted by molar-refractivity contribution is 5.41. The number of hydrogen-bond acceptors (Lipinski definition) is 3. The standard InChI is InChI=1S/C15H24N2O/c1-11-5-6-13(18-4)12(9-11)14(17-3)15(7-8-15)10-16-2/h5-6,9,14,16-17H,7-8,10H2,1-4H3. The van der Waals surface area contributed by atoms with Crippen LogP contribution in [-0.4, -0.2) is 27.7 Å². The van der Waals surface area contributed by atoms with Crippen LogP contribution in [0.25, 0.3) is 0 Å². The summed E-state index contributed by atoms with van der Waals surface area (Å²) in [6, 6.07) is 6.78. The highest BCUT2D eigenvalue weighted by Gasteiger charge is 2.49. The van der Waals surface area contributed by atoms with E-state index in [-0.39, 0.29) is 0 Å². The number of nitrogens with one attached hydrogen (secondary N) is 2. The first-order chi connectivity index (χ1) is 8.66. The summed E-state index contributed by atoms with van der Waals surface area (Å²) >= 11 is 0. The molecule has 1 aromatic rings. The molecule has 1 fully saturated rings. The van der Waals surface area contributed by atoms with Crippen molar-refractivity contribution in [2.75, 3.05) is 27.7 Å². The van der Waals surface area contributed by atoms with Gasteiger partial charge in [-0.05, 0) is 39.9 Å². The van der Waals surface area contributed by atoms with Crippen LogP contribution in [-0.2, 0) is 0 Å². The van der Waals surface area contributed by atoms with Crippen LogP contribution in [0.5, 0.6) is 5.75 Å². The Morgan fingerprint density at radius 2 is 2.06 bits per heavy atom. The van der Waals surface area contributed by atoms with Crippen molar-refractivity contribution in [3.63, 3.8) is 0 Å².